The first-order chi connectivity index (χ1) is 14.8. The third-order valence-electron chi connectivity index (χ3n) is 5.18. The maximum atomic E-state index is 13.1. The van der Waals surface area contributed by atoms with Crippen LogP contribution in [0.25, 0.3) is 5.76 Å². The van der Waals surface area contributed by atoms with Crippen molar-refractivity contribution in [1.82, 2.24) is 0 Å². The Morgan fingerprint density at radius 3 is 2.39 bits per heavy atom. The number of phenols is 1. The Kier molecular flexibility index (Phi) is 5.60. The van der Waals surface area contributed by atoms with Crippen LogP contribution in [-0.2, 0) is 9.59 Å². The summed E-state index contributed by atoms with van der Waals surface area (Å²) < 4.78 is 0.777. The van der Waals surface area contributed by atoms with Crippen molar-refractivity contribution < 1.29 is 19.8 Å². The number of amides is 1. The Balaban J connectivity index is 1.96. The zero-order valence-electron chi connectivity index (χ0n) is 16.3. The average Bonchev–Trinajstić information content (AvgIpc) is 3.01. The molecule has 7 heteroatoms. The number of hydrogen-bond acceptors (Lipinski definition) is 4. The second-order valence-corrected chi connectivity index (χ2v) is 8.50. The largest absolute Gasteiger partial charge is 0.508 e. The molecule has 0 bridgehead atoms. The highest BCUT2D eigenvalue weighted by Gasteiger charge is 2.47. The molecule has 0 aliphatic carbocycles. The lowest BCUT2D eigenvalue weighted by Gasteiger charge is -2.26. The molecule has 3 aromatic rings. The normalized spacial score (nSPS) is 17.9. The van der Waals surface area contributed by atoms with Gasteiger partial charge in [-0.1, -0.05) is 45.7 Å². The number of Topliss-reactive ketones (excluding diaryl/α,β-unsaturated/α-hetero) is 1. The second kappa shape index (κ2) is 8.21. The molecule has 1 heterocycles. The number of phenolic OH excluding ortho intramolecular Hbond substituents is 1. The van der Waals surface area contributed by atoms with Crippen LogP contribution in [0.5, 0.6) is 5.75 Å². The van der Waals surface area contributed by atoms with E-state index in [0.717, 1.165) is 10.0 Å². The summed E-state index contributed by atoms with van der Waals surface area (Å²) in [7, 11) is 0. The lowest BCUT2D eigenvalue weighted by molar-refractivity contribution is -0.132. The van der Waals surface area contributed by atoms with Crippen LogP contribution < -0.4 is 4.90 Å². The van der Waals surface area contributed by atoms with Crippen LogP contribution in [0.2, 0.25) is 5.02 Å². The molecule has 1 saturated heterocycles. The number of aromatic hydroxyl groups is 1. The van der Waals surface area contributed by atoms with Crippen LogP contribution >= 0.6 is 27.5 Å². The third kappa shape index (κ3) is 3.84. The summed E-state index contributed by atoms with van der Waals surface area (Å²) in [5, 5.41) is 21.5. The first kappa shape index (κ1) is 21.2. The number of rotatable bonds is 3. The first-order valence-corrected chi connectivity index (χ1v) is 10.6. The Hall–Kier alpha value is -3.09. The molecule has 1 aliphatic heterocycles. The number of aryl methyl sites for hydroxylation is 1. The van der Waals surface area contributed by atoms with Gasteiger partial charge in [-0.15, -0.1) is 0 Å². The minimum absolute atomic E-state index is 0.0142. The molecule has 1 unspecified atom stereocenters. The summed E-state index contributed by atoms with van der Waals surface area (Å²) in [5.74, 6) is -1.89. The molecule has 0 saturated carbocycles. The summed E-state index contributed by atoms with van der Waals surface area (Å²) in [6.45, 7) is 1.91. The Bertz CT molecular complexity index is 1240. The number of aliphatic hydroxyl groups excluding tert-OH is 1. The Morgan fingerprint density at radius 2 is 1.74 bits per heavy atom. The fourth-order valence-electron chi connectivity index (χ4n) is 3.60. The van der Waals surface area contributed by atoms with Crippen LogP contribution in [0.15, 0.2) is 76.8 Å². The summed E-state index contributed by atoms with van der Waals surface area (Å²) in [4.78, 5) is 27.5. The van der Waals surface area contributed by atoms with E-state index in [1.54, 1.807) is 48.5 Å². The van der Waals surface area contributed by atoms with E-state index in [2.05, 4.69) is 15.9 Å². The van der Waals surface area contributed by atoms with E-state index in [1.165, 1.54) is 17.0 Å². The van der Waals surface area contributed by atoms with Crippen molar-refractivity contribution in [2.24, 2.45) is 0 Å². The number of nitrogens with zero attached hydrogens (tertiary/aromatic N) is 1. The number of aliphatic hydroxyl groups is 1. The van der Waals surface area contributed by atoms with Crippen molar-refractivity contribution in [3.8, 4) is 5.75 Å². The van der Waals surface area contributed by atoms with Crippen LogP contribution in [0.4, 0.5) is 5.69 Å². The SMILES string of the molecule is Cc1ccc(N2C(=O)C(=O)/C(=C(\O)c3ccc(Cl)cc3)C2c2cccc(O)c2)cc1Br. The van der Waals surface area contributed by atoms with Gasteiger partial charge in [0.05, 0.1) is 11.6 Å². The van der Waals surface area contributed by atoms with Gasteiger partial charge in [0.25, 0.3) is 11.7 Å². The van der Waals surface area contributed by atoms with E-state index < -0.39 is 17.7 Å². The zero-order valence-corrected chi connectivity index (χ0v) is 18.7. The second-order valence-electron chi connectivity index (χ2n) is 7.20. The number of hydrogen-bond donors (Lipinski definition) is 2. The molecule has 1 fully saturated rings. The highest BCUT2D eigenvalue weighted by molar-refractivity contribution is 9.10. The van der Waals surface area contributed by atoms with Gasteiger partial charge in [-0.25, -0.2) is 0 Å². The number of halogens is 2. The smallest absolute Gasteiger partial charge is 0.300 e. The van der Waals surface area contributed by atoms with Crippen molar-refractivity contribution in [1.29, 1.82) is 0 Å². The predicted molar refractivity (Wildman–Crippen MR) is 123 cm³/mol. The van der Waals surface area contributed by atoms with Gasteiger partial charge in [0.1, 0.15) is 11.5 Å². The lowest BCUT2D eigenvalue weighted by Crippen LogP contribution is -2.29. The van der Waals surface area contributed by atoms with Gasteiger partial charge in [0, 0.05) is 20.7 Å². The Labute approximate surface area is 192 Å². The van der Waals surface area contributed by atoms with E-state index in [4.69, 9.17) is 11.6 Å². The number of anilines is 1. The van der Waals surface area contributed by atoms with E-state index in [0.29, 0.717) is 21.8 Å². The first-order valence-electron chi connectivity index (χ1n) is 9.40. The topological polar surface area (TPSA) is 77.8 Å². The minimum atomic E-state index is -0.919. The molecule has 31 heavy (non-hydrogen) atoms. The summed E-state index contributed by atoms with van der Waals surface area (Å²) in [6.07, 6.45) is 0. The van der Waals surface area contributed by atoms with Crippen molar-refractivity contribution in [3.05, 3.63) is 98.5 Å². The molecule has 1 aliphatic rings. The number of carbonyl (C=O) groups excluding carboxylic acids is 2. The molecular formula is C24H17BrClNO4. The van der Waals surface area contributed by atoms with Crippen molar-refractivity contribution >= 4 is 50.7 Å². The summed E-state index contributed by atoms with van der Waals surface area (Å²) in [5.41, 5.74) is 2.25. The van der Waals surface area contributed by atoms with E-state index in [9.17, 15) is 19.8 Å². The fourth-order valence-corrected chi connectivity index (χ4v) is 4.10. The van der Waals surface area contributed by atoms with Crippen LogP contribution in [0.1, 0.15) is 22.7 Å². The molecule has 156 valence electrons. The highest BCUT2D eigenvalue weighted by Crippen LogP contribution is 2.43. The molecule has 1 atom stereocenters. The van der Waals surface area contributed by atoms with Gasteiger partial charge in [0.15, 0.2) is 0 Å². The molecule has 4 rings (SSSR count). The molecule has 0 radical (unpaired) electrons. The van der Waals surface area contributed by atoms with Gasteiger partial charge in [-0.05, 0) is 66.6 Å². The monoisotopic (exact) mass is 497 g/mol. The van der Waals surface area contributed by atoms with Gasteiger partial charge >= 0.3 is 0 Å². The van der Waals surface area contributed by atoms with Gasteiger partial charge in [-0.2, -0.15) is 0 Å². The van der Waals surface area contributed by atoms with E-state index >= 15 is 0 Å². The van der Waals surface area contributed by atoms with E-state index in [1.807, 2.05) is 13.0 Å². The zero-order chi connectivity index (χ0) is 22.3. The maximum Gasteiger partial charge on any atom is 0.300 e. The predicted octanol–water partition coefficient (Wildman–Crippen LogP) is 5.74. The van der Waals surface area contributed by atoms with Crippen LogP contribution in [-0.4, -0.2) is 21.9 Å². The minimum Gasteiger partial charge on any atom is -0.508 e. The fraction of sp³-hybridized carbons (Fsp3) is 0.0833. The third-order valence-corrected chi connectivity index (χ3v) is 6.29. The van der Waals surface area contributed by atoms with Crippen LogP contribution in [0.3, 0.4) is 0 Å². The molecule has 1 amide bonds. The summed E-state index contributed by atoms with van der Waals surface area (Å²) >= 11 is 9.41. The lowest BCUT2D eigenvalue weighted by atomic mass is 9.95. The quantitative estimate of drug-likeness (QED) is 0.274. The van der Waals surface area contributed by atoms with Crippen molar-refractivity contribution in [3.63, 3.8) is 0 Å². The van der Waals surface area contributed by atoms with Gasteiger partial charge in [-0.3, -0.25) is 14.5 Å². The van der Waals surface area contributed by atoms with E-state index in [-0.39, 0.29) is 17.1 Å². The molecule has 5 nitrogen and oxygen atoms in total. The highest BCUT2D eigenvalue weighted by atomic mass is 79.9. The van der Waals surface area contributed by atoms with Gasteiger partial charge in [0.2, 0.25) is 0 Å². The number of benzene rings is 3. The Morgan fingerprint density at radius 1 is 1.03 bits per heavy atom. The average molecular weight is 499 g/mol. The van der Waals surface area contributed by atoms with Crippen molar-refractivity contribution in [2.45, 2.75) is 13.0 Å². The number of ketones is 1. The molecule has 3 aromatic carbocycles. The maximum absolute atomic E-state index is 13.1. The molecule has 0 spiro atoms. The number of carbonyl (C=O) groups is 2. The molecular weight excluding hydrogens is 482 g/mol. The summed E-state index contributed by atoms with van der Waals surface area (Å²) in [6, 6.07) is 17.0. The molecule has 0 aromatic heterocycles. The molecule has 2 N–H and O–H groups in total. The standard InChI is InChI=1S/C24H17BrClNO4/c1-13-5-10-17(12-19(13)25)27-21(15-3-2-4-18(28)11-15)20(23(30)24(27)31)22(29)14-6-8-16(26)9-7-14/h2-12,21,28-29H,1H3/b22-20-. The van der Waals surface area contributed by atoms with Crippen molar-refractivity contribution in [2.75, 3.05) is 4.90 Å². The van der Waals surface area contributed by atoms with Crippen LogP contribution in [0, 0.1) is 6.92 Å². The van der Waals surface area contributed by atoms with Gasteiger partial charge < -0.3 is 10.2 Å².